The van der Waals surface area contributed by atoms with Crippen molar-refractivity contribution < 1.29 is 4.79 Å². The summed E-state index contributed by atoms with van der Waals surface area (Å²) in [6.45, 7) is 2.06. The third-order valence-electron chi connectivity index (χ3n) is 2.49. The van der Waals surface area contributed by atoms with Gasteiger partial charge in [0.05, 0.1) is 5.69 Å². The molecular formula is C13H13NO. The highest BCUT2D eigenvalue weighted by atomic mass is 16.1. The van der Waals surface area contributed by atoms with Crippen LogP contribution >= 0.6 is 0 Å². The molecule has 0 radical (unpaired) electrons. The van der Waals surface area contributed by atoms with Crippen molar-refractivity contribution in [2.45, 2.75) is 13.3 Å². The quantitative estimate of drug-likeness (QED) is 0.757. The van der Waals surface area contributed by atoms with Crippen LogP contribution in [0.1, 0.15) is 23.1 Å². The number of aromatic nitrogens is 1. The number of carbonyl (C=O) groups excluding carboxylic acids is 1. The van der Waals surface area contributed by atoms with E-state index in [-0.39, 0.29) is 0 Å². The normalized spacial score (nSPS) is 10.2. The zero-order chi connectivity index (χ0) is 10.7. The molecule has 1 aromatic heterocycles. The number of hydrogen-bond acceptors (Lipinski definition) is 1. The molecule has 0 fully saturated rings. The number of aryl methyl sites for hydroxylation is 1. The van der Waals surface area contributed by atoms with Crippen molar-refractivity contribution in [3.63, 3.8) is 0 Å². The lowest BCUT2D eigenvalue weighted by atomic mass is 10.1. The Hall–Kier alpha value is -1.83. The van der Waals surface area contributed by atoms with Crippen molar-refractivity contribution in [2.24, 2.45) is 0 Å². The number of aromatic amines is 1. The summed E-state index contributed by atoms with van der Waals surface area (Å²) in [5.74, 6) is 0. The van der Waals surface area contributed by atoms with Crippen LogP contribution in [0, 0.1) is 0 Å². The van der Waals surface area contributed by atoms with Crippen molar-refractivity contribution in [1.82, 2.24) is 4.98 Å². The van der Waals surface area contributed by atoms with Gasteiger partial charge in [-0.05, 0) is 18.1 Å². The molecule has 2 aromatic rings. The van der Waals surface area contributed by atoms with Crippen molar-refractivity contribution in [3.05, 3.63) is 47.8 Å². The fourth-order valence-electron chi connectivity index (χ4n) is 1.67. The van der Waals surface area contributed by atoms with E-state index in [0.717, 1.165) is 29.5 Å². The van der Waals surface area contributed by atoms with Gasteiger partial charge in [-0.1, -0.05) is 37.3 Å². The molecule has 0 bridgehead atoms. The van der Waals surface area contributed by atoms with E-state index in [2.05, 4.69) is 11.9 Å². The van der Waals surface area contributed by atoms with Gasteiger partial charge in [-0.2, -0.15) is 0 Å². The number of benzene rings is 1. The Labute approximate surface area is 89.0 Å². The second-order valence-electron chi connectivity index (χ2n) is 3.46. The summed E-state index contributed by atoms with van der Waals surface area (Å²) in [5.41, 5.74) is 3.83. The Morgan fingerprint density at radius 3 is 2.60 bits per heavy atom. The Kier molecular flexibility index (Phi) is 2.68. The summed E-state index contributed by atoms with van der Waals surface area (Å²) in [6, 6.07) is 12.0. The number of rotatable bonds is 3. The lowest BCUT2D eigenvalue weighted by Crippen LogP contribution is -1.84. The van der Waals surface area contributed by atoms with Gasteiger partial charge in [-0.25, -0.2) is 0 Å². The molecule has 0 aliphatic carbocycles. The van der Waals surface area contributed by atoms with Crippen LogP contribution in [0.4, 0.5) is 0 Å². The van der Waals surface area contributed by atoms with Crippen LogP contribution in [-0.2, 0) is 6.42 Å². The van der Waals surface area contributed by atoms with Gasteiger partial charge in [-0.3, -0.25) is 4.79 Å². The van der Waals surface area contributed by atoms with Crippen molar-refractivity contribution in [1.29, 1.82) is 0 Å². The average Bonchev–Trinajstić information content (AvgIpc) is 2.73. The average molecular weight is 199 g/mol. The fraction of sp³-hybridized carbons (Fsp3) is 0.154. The van der Waals surface area contributed by atoms with Gasteiger partial charge in [0.25, 0.3) is 0 Å². The van der Waals surface area contributed by atoms with Gasteiger partial charge in [0.15, 0.2) is 6.29 Å². The molecule has 2 heteroatoms. The number of aldehydes is 1. The fourth-order valence-corrected chi connectivity index (χ4v) is 1.67. The van der Waals surface area contributed by atoms with Crippen LogP contribution < -0.4 is 0 Å². The van der Waals surface area contributed by atoms with Crippen LogP contribution in [0.5, 0.6) is 0 Å². The smallest absolute Gasteiger partial charge is 0.166 e. The second-order valence-corrected chi connectivity index (χ2v) is 3.46. The molecule has 1 heterocycles. The molecule has 15 heavy (non-hydrogen) atoms. The molecule has 0 amide bonds. The predicted octanol–water partition coefficient (Wildman–Crippen LogP) is 3.06. The molecule has 2 nitrogen and oxygen atoms in total. The highest BCUT2D eigenvalue weighted by molar-refractivity contribution is 5.86. The first-order valence-electron chi connectivity index (χ1n) is 5.07. The van der Waals surface area contributed by atoms with Crippen molar-refractivity contribution >= 4 is 6.29 Å². The lowest BCUT2D eigenvalue weighted by Gasteiger charge is -1.97. The third-order valence-corrected chi connectivity index (χ3v) is 2.49. The monoisotopic (exact) mass is 199 g/mol. The highest BCUT2D eigenvalue weighted by Gasteiger charge is 2.07. The molecule has 0 aliphatic heterocycles. The lowest BCUT2D eigenvalue weighted by molar-refractivity contribution is 0.112. The van der Waals surface area contributed by atoms with E-state index in [4.69, 9.17) is 0 Å². The van der Waals surface area contributed by atoms with E-state index >= 15 is 0 Å². The topological polar surface area (TPSA) is 32.9 Å². The first kappa shape index (κ1) is 9.71. The molecule has 0 saturated heterocycles. The first-order valence-corrected chi connectivity index (χ1v) is 5.07. The molecule has 0 aliphatic rings. The Morgan fingerprint density at radius 1 is 1.27 bits per heavy atom. The number of carbonyl (C=O) groups is 1. The third kappa shape index (κ3) is 1.84. The van der Waals surface area contributed by atoms with Gasteiger partial charge < -0.3 is 4.98 Å². The molecule has 1 N–H and O–H groups in total. The summed E-state index contributed by atoms with van der Waals surface area (Å²) in [6.07, 6.45) is 1.79. The maximum absolute atomic E-state index is 10.9. The van der Waals surface area contributed by atoms with Crippen LogP contribution in [0.15, 0.2) is 36.4 Å². The van der Waals surface area contributed by atoms with E-state index in [1.807, 2.05) is 36.4 Å². The minimum Gasteiger partial charge on any atom is -0.356 e. The van der Waals surface area contributed by atoms with E-state index in [9.17, 15) is 4.79 Å². The molecular weight excluding hydrogens is 186 g/mol. The van der Waals surface area contributed by atoms with Crippen molar-refractivity contribution in [3.8, 4) is 11.1 Å². The Bertz CT molecular complexity index is 457. The second kappa shape index (κ2) is 4.13. The number of hydrogen-bond donors (Lipinski definition) is 1. The molecule has 1 aromatic carbocycles. The standard InChI is InChI=1S/C13H13NO/c1-2-11-8-12(13(9-15)14-11)10-6-4-3-5-7-10/h3-9,14H,2H2,1H3. The molecule has 76 valence electrons. The minimum atomic E-state index is 0.665. The van der Waals surface area contributed by atoms with E-state index in [1.54, 1.807) is 0 Å². The minimum absolute atomic E-state index is 0.665. The maximum atomic E-state index is 10.9. The van der Waals surface area contributed by atoms with Gasteiger partial charge in [0.1, 0.15) is 0 Å². The molecule has 2 rings (SSSR count). The Morgan fingerprint density at radius 2 is 2.00 bits per heavy atom. The molecule has 0 atom stereocenters. The summed E-state index contributed by atoms with van der Waals surface area (Å²) in [5, 5.41) is 0. The summed E-state index contributed by atoms with van der Waals surface area (Å²) < 4.78 is 0. The predicted molar refractivity (Wildman–Crippen MR) is 61.0 cm³/mol. The number of nitrogens with one attached hydrogen (secondary N) is 1. The van der Waals surface area contributed by atoms with E-state index in [1.165, 1.54) is 0 Å². The largest absolute Gasteiger partial charge is 0.356 e. The zero-order valence-corrected chi connectivity index (χ0v) is 8.66. The molecule has 0 saturated carbocycles. The SMILES string of the molecule is CCc1cc(-c2ccccc2)c(C=O)[nH]1. The van der Waals surface area contributed by atoms with Crippen LogP contribution in [0.3, 0.4) is 0 Å². The summed E-state index contributed by atoms with van der Waals surface area (Å²) >= 11 is 0. The molecule has 0 spiro atoms. The summed E-state index contributed by atoms with van der Waals surface area (Å²) in [7, 11) is 0. The van der Waals surface area contributed by atoms with Gasteiger partial charge in [0.2, 0.25) is 0 Å². The van der Waals surface area contributed by atoms with E-state index < -0.39 is 0 Å². The number of H-pyrrole nitrogens is 1. The van der Waals surface area contributed by atoms with Crippen molar-refractivity contribution in [2.75, 3.05) is 0 Å². The summed E-state index contributed by atoms with van der Waals surface area (Å²) in [4.78, 5) is 14.0. The zero-order valence-electron chi connectivity index (χ0n) is 8.66. The maximum Gasteiger partial charge on any atom is 0.166 e. The first-order chi connectivity index (χ1) is 7.35. The van der Waals surface area contributed by atoms with Crippen LogP contribution in [-0.4, -0.2) is 11.3 Å². The highest BCUT2D eigenvalue weighted by Crippen LogP contribution is 2.23. The van der Waals surface area contributed by atoms with Gasteiger partial charge >= 0.3 is 0 Å². The van der Waals surface area contributed by atoms with Crippen LogP contribution in [0.25, 0.3) is 11.1 Å². The van der Waals surface area contributed by atoms with E-state index in [0.29, 0.717) is 5.69 Å². The Balaban J connectivity index is 2.52. The molecule has 0 unspecified atom stereocenters. The van der Waals surface area contributed by atoms with Gasteiger partial charge in [-0.15, -0.1) is 0 Å². The van der Waals surface area contributed by atoms with Gasteiger partial charge in [0, 0.05) is 11.3 Å². The van der Waals surface area contributed by atoms with Crippen LogP contribution in [0.2, 0.25) is 0 Å².